The molecular weight excluding hydrogens is 266 g/mol. The van der Waals surface area contributed by atoms with Crippen molar-refractivity contribution in [1.82, 2.24) is 0 Å². The van der Waals surface area contributed by atoms with Crippen molar-refractivity contribution in [1.29, 1.82) is 0 Å². The van der Waals surface area contributed by atoms with Crippen LogP contribution in [-0.4, -0.2) is 17.4 Å². The standard InChI is InChI=1S/C13H16ClN3O2/c1-13(16,8-3-4-8)12(19)17-10-6-7(11(15)18)2-5-9(10)14/h2,5-6,8H,3-4,16H2,1H3,(H2,15,18)(H,17,19). The van der Waals surface area contributed by atoms with E-state index in [1.807, 2.05) is 0 Å². The molecule has 1 aromatic rings. The summed E-state index contributed by atoms with van der Waals surface area (Å²) in [6.07, 6.45) is 1.91. The molecule has 0 heterocycles. The van der Waals surface area contributed by atoms with E-state index in [9.17, 15) is 9.59 Å². The first-order valence-electron chi connectivity index (χ1n) is 6.02. The van der Waals surface area contributed by atoms with Gasteiger partial charge in [0.25, 0.3) is 0 Å². The van der Waals surface area contributed by atoms with Crippen LogP contribution >= 0.6 is 11.6 Å². The summed E-state index contributed by atoms with van der Waals surface area (Å²) < 4.78 is 0. The number of primary amides is 1. The Morgan fingerprint density at radius 2 is 2.05 bits per heavy atom. The number of nitrogens with two attached hydrogens (primary N) is 2. The van der Waals surface area contributed by atoms with E-state index in [1.54, 1.807) is 6.92 Å². The lowest BCUT2D eigenvalue weighted by atomic mass is 9.96. The van der Waals surface area contributed by atoms with E-state index in [4.69, 9.17) is 23.1 Å². The fourth-order valence-corrected chi connectivity index (χ4v) is 2.06. The molecule has 2 rings (SSSR count). The van der Waals surface area contributed by atoms with Crippen LogP contribution in [0.15, 0.2) is 18.2 Å². The van der Waals surface area contributed by atoms with Crippen molar-refractivity contribution in [3.63, 3.8) is 0 Å². The zero-order chi connectivity index (χ0) is 14.2. The van der Waals surface area contributed by atoms with Gasteiger partial charge in [-0.25, -0.2) is 0 Å². The van der Waals surface area contributed by atoms with E-state index in [2.05, 4.69) is 5.32 Å². The molecule has 0 saturated heterocycles. The summed E-state index contributed by atoms with van der Waals surface area (Å²) in [5, 5.41) is 3.00. The highest BCUT2D eigenvalue weighted by atomic mass is 35.5. The van der Waals surface area contributed by atoms with Crippen LogP contribution in [0.25, 0.3) is 0 Å². The predicted molar refractivity (Wildman–Crippen MR) is 73.9 cm³/mol. The largest absolute Gasteiger partial charge is 0.366 e. The molecule has 1 unspecified atom stereocenters. The van der Waals surface area contributed by atoms with Gasteiger partial charge in [0.2, 0.25) is 11.8 Å². The molecule has 0 spiro atoms. The Morgan fingerprint density at radius 1 is 1.42 bits per heavy atom. The van der Waals surface area contributed by atoms with Crippen LogP contribution in [0.4, 0.5) is 5.69 Å². The highest BCUT2D eigenvalue weighted by molar-refractivity contribution is 6.34. The molecule has 1 aliphatic rings. The number of hydrogen-bond donors (Lipinski definition) is 3. The van der Waals surface area contributed by atoms with Crippen LogP contribution in [0.2, 0.25) is 5.02 Å². The molecule has 19 heavy (non-hydrogen) atoms. The van der Waals surface area contributed by atoms with E-state index in [0.29, 0.717) is 10.7 Å². The van der Waals surface area contributed by atoms with E-state index < -0.39 is 11.4 Å². The van der Waals surface area contributed by atoms with Crippen LogP contribution in [0.3, 0.4) is 0 Å². The van der Waals surface area contributed by atoms with Crippen molar-refractivity contribution in [2.45, 2.75) is 25.3 Å². The summed E-state index contributed by atoms with van der Waals surface area (Å²) in [4.78, 5) is 23.2. The lowest BCUT2D eigenvalue weighted by Gasteiger charge is -2.23. The Balaban J connectivity index is 2.20. The van der Waals surface area contributed by atoms with Crippen LogP contribution in [-0.2, 0) is 4.79 Å². The van der Waals surface area contributed by atoms with Crippen molar-refractivity contribution < 1.29 is 9.59 Å². The summed E-state index contributed by atoms with van der Waals surface area (Å²) in [6, 6.07) is 4.47. The predicted octanol–water partition coefficient (Wildman–Crippen LogP) is 1.50. The fraction of sp³-hybridized carbons (Fsp3) is 0.385. The summed E-state index contributed by atoms with van der Waals surface area (Å²) >= 11 is 5.98. The molecular formula is C13H16ClN3O2. The van der Waals surface area contributed by atoms with Crippen LogP contribution < -0.4 is 16.8 Å². The molecule has 0 aliphatic heterocycles. The molecule has 1 fully saturated rings. The van der Waals surface area contributed by atoms with Gasteiger partial charge in [-0.2, -0.15) is 0 Å². The zero-order valence-corrected chi connectivity index (χ0v) is 11.3. The second kappa shape index (κ2) is 4.83. The van der Waals surface area contributed by atoms with Crippen LogP contribution in [0.1, 0.15) is 30.1 Å². The molecule has 1 aliphatic carbocycles. The van der Waals surface area contributed by atoms with E-state index in [0.717, 1.165) is 12.8 Å². The third-order valence-electron chi connectivity index (χ3n) is 3.41. The molecule has 102 valence electrons. The second-order valence-electron chi connectivity index (χ2n) is 5.07. The van der Waals surface area contributed by atoms with E-state index in [-0.39, 0.29) is 17.4 Å². The molecule has 1 aromatic carbocycles. The summed E-state index contributed by atoms with van der Waals surface area (Å²) in [5.74, 6) is -0.686. The normalized spacial score (nSPS) is 17.6. The molecule has 1 saturated carbocycles. The maximum absolute atomic E-state index is 12.1. The molecule has 5 N–H and O–H groups in total. The minimum absolute atomic E-state index is 0.200. The topological polar surface area (TPSA) is 98.2 Å². The summed E-state index contributed by atoms with van der Waals surface area (Å²) in [5.41, 5.74) is 10.9. The number of anilines is 1. The van der Waals surface area contributed by atoms with Gasteiger partial charge < -0.3 is 16.8 Å². The molecule has 0 bridgehead atoms. The number of amides is 2. The van der Waals surface area contributed by atoms with Crippen molar-refractivity contribution >= 4 is 29.1 Å². The first kappa shape index (κ1) is 13.8. The Hall–Kier alpha value is -1.59. The van der Waals surface area contributed by atoms with Gasteiger partial charge in [0.15, 0.2) is 0 Å². The number of carbonyl (C=O) groups is 2. The quantitative estimate of drug-likeness (QED) is 0.780. The summed E-state index contributed by atoms with van der Waals surface area (Å²) in [7, 11) is 0. The molecule has 5 nitrogen and oxygen atoms in total. The van der Waals surface area contributed by atoms with Gasteiger partial charge in [-0.3, -0.25) is 9.59 Å². The first-order chi connectivity index (χ1) is 8.82. The zero-order valence-electron chi connectivity index (χ0n) is 10.6. The molecule has 6 heteroatoms. The molecule has 1 atom stereocenters. The third-order valence-corrected chi connectivity index (χ3v) is 3.74. The number of hydrogen-bond acceptors (Lipinski definition) is 3. The average molecular weight is 282 g/mol. The van der Waals surface area contributed by atoms with Gasteiger partial charge in [-0.05, 0) is 43.9 Å². The number of carbonyl (C=O) groups excluding carboxylic acids is 2. The van der Waals surface area contributed by atoms with Crippen LogP contribution in [0, 0.1) is 5.92 Å². The molecule has 0 radical (unpaired) electrons. The second-order valence-corrected chi connectivity index (χ2v) is 5.48. The highest BCUT2D eigenvalue weighted by Gasteiger charge is 2.44. The van der Waals surface area contributed by atoms with Crippen molar-refractivity contribution in [2.75, 3.05) is 5.32 Å². The number of rotatable bonds is 4. The number of halogens is 1. The maximum atomic E-state index is 12.1. The SMILES string of the molecule is CC(N)(C(=O)Nc1cc(C(N)=O)ccc1Cl)C1CC1. The Kier molecular flexibility index (Phi) is 3.52. The minimum Gasteiger partial charge on any atom is -0.366 e. The Morgan fingerprint density at radius 3 is 2.58 bits per heavy atom. The van der Waals surface area contributed by atoms with E-state index in [1.165, 1.54) is 18.2 Å². The van der Waals surface area contributed by atoms with E-state index >= 15 is 0 Å². The minimum atomic E-state index is -0.925. The fourth-order valence-electron chi connectivity index (χ4n) is 1.90. The molecule has 2 amide bonds. The summed E-state index contributed by atoms with van der Waals surface area (Å²) in [6.45, 7) is 1.70. The van der Waals surface area contributed by atoms with Gasteiger partial charge in [-0.1, -0.05) is 11.6 Å². The van der Waals surface area contributed by atoms with Gasteiger partial charge in [0.1, 0.15) is 0 Å². The van der Waals surface area contributed by atoms with Crippen molar-refractivity contribution in [3.8, 4) is 0 Å². The smallest absolute Gasteiger partial charge is 0.248 e. The van der Waals surface area contributed by atoms with Gasteiger partial charge in [-0.15, -0.1) is 0 Å². The number of nitrogens with one attached hydrogen (secondary N) is 1. The molecule has 0 aromatic heterocycles. The van der Waals surface area contributed by atoms with Crippen molar-refractivity contribution in [3.05, 3.63) is 28.8 Å². The van der Waals surface area contributed by atoms with Gasteiger partial charge >= 0.3 is 0 Å². The Labute approximate surface area is 116 Å². The average Bonchev–Trinajstić information content (AvgIpc) is 3.15. The van der Waals surface area contributed by atoms with Crippen LogP contribution in [0.5, 0.6) is 0 Å². The Bertz CT molecular complexity index is 539. The lowest BCUT2D eigenvalue weighted by molar-refractivity contribution is -0.121. The monoisotopic (exact) mass is 281 g/mol. The van der Waals surface area contributed by atoms with Crippen molar-refractivity contribution in [2.24, 2.45) is 17.4 Å². The first-order valence-corrected chi connectivity index (χ1v) is 6.40. The lowest BCUT2D eigenvalue weighted by Crippen LogP contribution is -2.50. The third kappa shape index (κ3) is 2.88. The maximum Gasteiger partial charge on any atom is 0.248 e. The van der Waals surface area contributed by atoms with Gasteiger partial charge in [0, 0.05) is 5.56 Å². The number of benzene rings is 1. The highest BCUT2D eigenvalue weighted by Crippen LogP contribution is 2.38. The van der Waals surface area contributed by atoms with Gasteiger partial charge in [0.05, 0.1) is 16.2 Å².